The largest absolute Gasteiger partial charge is 0.394 e. The van der Waals surface area contributed by atoms with Gasteiger partial charge in [0.15, 0.2) is 18.9 Å². The molecule has 0 radical (unpaired) electrons. The van der Waals surface area contributed by atoms with Crippen LogP contribution in [0.3, 0.4) is 0 Å². The third kappa shape index (κ3) is 6.85. The van der Waals surface area contributed by atoms with Gasteiger partial charge >= 0.3 is 0 Å². The first kappa shape index (κ1) is 33.2. The summed E-state index contributed by atoms with van der Waals surface area (Å²) in [5.74, 6) is 0. The summed E-state index contributed by atoms with van der Waals surface area (Å²) < 4.78 is 34.7. The minimum Gasteiger partial charge on any atom is -0.394 e. The smallest absolute Gasteiger partial charge is 0.187 e. The monoisotopic (exact) mass is 599 g/mol. The molecule has 18 atom stereocenters. The number of ether oxygens (including phenoxy) is 6. The van der Waals surface area contributed by atoms with Gasteiger partial charge < -0.3 is 92.8 Å². The molecule has 0 aromatic rings. The zero-order valence-corrected chi connectivity index (χ0v) is 22.4. The number of hydrogen-bond acceptors (Lipinski definition) is 18. The highest BCUT2D eigenvalue weighted by Crippen LogP contribution is 2.34. The van der Waals surface area contributed by atoms with Crippen LogP contribution in [-0.2, 0) is 28.4 Å². The molecule has 1 saturated carbocycles. The van der Waals surface area contributed by atoms with Crippen molar-refractivity contribution in [1.82, 2.24) is 0 Å². The quantitative estimate of drug-likeness (QED) is 0.117. The second-order valence-electron chi connectivity index (χ2n) is 11.0. The first-order valence-electron chi connectivity index (χ1n) is 13.7. The Morgan fingerprint density at radius 2 is 1.20 bits per heavy atom. The van der Waals surface area contributed by atoms with E-state index in [0.29, 0.717) is 0 Å². The summed E-state index contributed by atoms with van der Waals surface area (Å²) in [6.07, 6.45) is -18.7. The molecule has 1 aliphatic carbocycles. The molecule has 4 rings (SSSR count). The molecule has 240 valence electrons. The van der Waals surface area contributed by atoms with E-state index in [4.69, 9.17) is 57.1 Å². The van der Waals surface area contributed by atoms with Crippen LogP contribution >= 0.6 is 0 Å². The topological polar surface area (TPSA) is 327 Å². The van der Waals surface area contributed by atoms with Gasteiger partial charge in [-0.3, -0.25) is 0 Å². The summed E-state index contributed by atoms with van der Waals surface area (Å²) in [5, 5.41) is 72.7. The van der Waals surface area contributed by atoms with Crippen LogP contribution in [0.25, 0.3) is 0 Å². The van der Waals surface area contributed by atoms with Crippen LogP contribution in [0, 0.1) is 0 Å². The van der Waals surface area contributed by atoms with Crippen LogP contribution in [0.1, 0.15) is 12.8 Å². The molecule has 3 saturated heterocycles. The summed E-state index contributed by atoms with van der Waals surface area (Å²) in [6, 6.07) is -2.84. The average molecular weight is 600 g/mol. The van der Waals surface area contributed by atoms with Crippen molar-refractivity contribution in [2.75, 3.05) is 19.7 Å². The van der Waals surface area contributed by atoms with E-state index in [-0.39, 0.29) is 25.9 Å². The van der Waals surface area contributed by atoms with Crippen LogP contribution in [0.4, 0.5) is 0 Å². The molecule has 4 aliphatic rings. The predicted molar refractivity (Wildman–Crippen MR) is 135 cm³/mol. The number of hydrogen-bond donors (Lipinski definition) is 12. The van der Waals surface area contributed by atoms with Crippen molar-refractivity contribution in [3.8, 4) is 0 Å². The molecule has 18 nitrogen and oxygen atoms in total. The van der Waals surface area contributed by atoms with Crippen LogP contribution < -0.4 is 28.7 Å². The number of nitrogens with two attached hydrogens (primary N) is 5. The van der Waals surface area contributed by atoms with E-state index in [1.165, 1.54) is 0 Å². The van der Waals surface area contributed by atoms with Gasteiger partial charge in [-0.25, -0.2) is 0 Å². The first-order chi connectivity index (χ1) is 19.4. The highest BCUT2D eigenvalue weighted by molar-refractivity contribution is 5.01. The fourth-order valence-electron chi connectivity index (χ4n) is 5.69. The van der Waals surface area contributed by atoms with Crippen molar-refractivity contribution in [1.29, 1.82) is 0 Å². The summed E-state index contributed by atoms with van der Waals surface area (Å²) in [5.41, 5.74) is 29.6. The van der Waals surface area contributed by atoms with E-state index in [1.807, 2.05) is 0 Å². The van der Waals surface area contributed by atoms with Crippen molar-refractivity contribution in [2.45, 2.75) is 123 Å². The molecule has 17 N–H and O–H groups in total. The SMILES string of the molecule is NC[C@@H]1O[C@H](O[C@H]2[C@@H](O)[C@H](O[C@@H]3[C@@H](O)[C@H](N)C[C@H](N)[C@H]3O[C@@H]3C[C@@H](O)[C@H](O)[C@@H](CN)O3)O[C@@H]2CO)[C@H](N)[C@@H](O)[C@@H]1O. The number of aliphatic hydroxyl groups excluding tert-OH is 7. The van der Waals surface area contributed by atoms with E-state index in [0.717, 1.165) is 0 Å². The van der Waals surface area contributed by atoms with Gasteiger partial charge in [0, 0.05) is 31.6 Å². The fourth-order valence-corrected chi connectivity index (χ4v) is 5.69. The Morgan fingerprint density at radius 3 is 1.83 bits per heavy atom. The molecule has 0 amide bonds. The second-order valence-corrected chi connectivity index (χ2v) is 11.0. The summed E-state index contributed by atoms with van der Waals surface area (Å²) in [4.78, 5) is 0. The molecule has 41 heavy (non-hydrogen) atoms. The normalized spacial score (nSPS) is 53.0. The van der Waals surface area contributed by atoms with Crippen LogP contribution in [0.5, 0.6) is 0 Å². The Morgan fingerprint density at radius 1 is 0.585 bits per heavy atom. The third-order valence-corrected chi connectivity index (χ3v) is 8.18. The third-order valence-electron chi connectivity index (χ3n) is 8.18. The van der Waals surface area contributed by atoms with Gasteiger partial charge in [0.1, 0.15) is 61.0 Å². The summed E-state index contributed by atoms with van der Waals surface area (Å²) in [7, 11) is 0. The molecule has 3 aliphatic heterocycles. The Labute approximate surface area is 236 Å². The van der Waals surface area contributed by atoms with Gasteiger partial charge in [0.05, 0.1) is 24.9 Å². The molecular weight excluding hydrogens is 554 g/mol. The maximum atomic E-state index is 11.1. The molecule has 0 aromatic heterocycles. The number of rotatable bonds is 9. The van der Waals surface area contributed by atoms with Gasteiger partial charge in [0.25, 0.3) is 0 Å². The molecule has 18 heteroatoms. The molecule has 3 heterocycles. The van der Waals surface area contributed by atoms with Gasteiger partial charge in [-0.1, -0.05) is 0 Å². The average Bonchev–Trinajstić information content (AvgIpc) is 3.24. The summed E-state index contributed by atoms with van der Waals surface area (Å²) >= 11 is 0. The van der Waals surface area contributed by atoms with Crippen molar-refractivity contribution >= 4 is 0 Å². The minimum atomic E-state index is -1.57. The Balaban J connectivity index is 1.47. The van der Waals surface area contributed by atoms with E-state index in [1.54, 1.807) is 0 Å². The van der Waals surface area contributed by atoms with E-state index >= 15 is 0 Å². The molecule has 4 fully saturated rings. The van der Waals surface area contributed by atoms with Crippen LogP contribution in [0.2, 0.25) is 0 Å². The lowest BCUT2D eigenvalue weighted by molar-refractivity contribution is -0.302. The zero-order valence-electron chi connectivity index (χ0n) is 22.4. The van der Waals surface area contributed by atoms with Gasteiger partial charge in [-0.05, 0) is 6.42 Å². The zero-order chi connectivity index (χ0) is 30.2. The van der Waals surface area contributed by atoms with E-state index < -0.39 is 117 Å². The van der Waals surface area contributed by atoms with Crippen molar-refractivity contribution in [3.05, 3.63) is 0 Å². The van der Waals surface area contributed by atoms with E-state index in [2.05, 4.69) is 0 Å². The molecule has 0 unspecified atom stereocenters. The number of aliphatic hydroxyl groups is 7. The van der Waals surface area contributed by atoms with Crippen LogP contribution in [-0.4, -0.2) is 166 Å². The predicted octanol–water partition coefficient (Wildman–Crippen LogP) is -7.83. The summed E-state index contributed by atoms with van der Waals surface area (Å²) in [6.45, 7) is -0.875. The lowest BCUT2D eigenvalue weighted by Crippen LogP contribution is -2.65. The Hall–Kier alpha value is -0.720. The van der Waals surface area contributed by atoms with Crippen molar-refractivity contribution in [3.63, 3.8) is 0 Å². The highest BCUT2D eigenvalue weighted by Gasteiger charge is 2.53. The second kappa shape index (κ2) is 13.9. The van der Waals surface area contributed by atoms with Crippen LogP contribution in [0.15, 0.2) is 0 Å². The lowest BCUT2D eigenvalue weighted by atomic mass is 9.84. The molecule has 0 bridgehead atoms. The van der Waals surface area contributed by atoms with Crippen molar-refractivity contribution < 1.29 is 64.2 Å². The Bertz CT molecular complexity index is 837. The van der Waals surface area contributed by atoms with Gasteiger partial charge in [0.2, 0.25) is 0 Å². The standard InChI is InChI=1S/C23H45N5O13/c24-3-9-15(32)8(30)2-12(36-9)39-19-7(27)1-6(26)14(31)21(19)41-23-18(35)20(11(5-29)38-23)40-22-13(28)17(34)16(33)10(4-25)37-22/h6-23,29-35H,1-5,24-28H2/t6-,7+,8-,9-,10+,11-,12-,13-,14+,15+,16-,17-,18-,19-,20-,21-,22-,23+/m1/s1. The lowest BCUT2D eigenvalue weighted by Gasteiger charge is -2.45. The maximum Gasteiger partial charge on any atom is 0.187 e. The van der Waals surface area contributed by atoms with Crippen molar-refractivity contribution in [2.24, 2.45) is 28.7 Å². The molecule has 0 aromatic carbocycles. The highest BCUT2D eigenvalue weighted by atomic mass is 16.8. The molecule has 0 spiro atoms. The first-order valence-corrected chi connectivity index (χ1v) is 13.7. The fraction of sp³-hybridized carbons (Fsp3) is 1.00. The Kier molecular flexibility index (Phi) is 11.3. The van der Waals surface area contributed by atoms with Gasteiger partial charge in [-0.2, -0.15) is 0 Å². The molecular formula is C23H45N5O13. The van der Waals surface area contributed by atoms with E-state index in [9.17, 15) is 35.7 Å². The van der Waals surface area contributed by atoms with Gasteiger partial charge in [-0.15, -0.1) is 0 Å². The minimum absolute atomic E-state index is 0.0926. The maximum absolute atomic E-state index is 11.1.